The highest BCUT2D eigenvalue weighted by atomic mass is 16.5. The van der Waals surface area contributed by atoms with Gasteiger partial charge in [0.25, 0.3) is 0 Å². The number of nitrogens with one attached hydrogen (secondary N) is 2. The molecule has 20 heavy (non-hydrogen) atoms. The lowest BCUT2D eigenvalue weighted by atomic mass is 10.1. The molecular formula is C16H17N3O. The van der Waals surface area contributed by atoms with Crippen molar-refractivity contribution in [1.29, 1.82) is 0 Å². The fraction of sp³-hybridized carbons (Fsp3) is 0.188. The predicted molar refractivity (Wildman–Crippen MR) is 79.6 cm³/mol. The van der Waals surface area contributed by atoms with Gasteiger partial charge in [-0.3, -0.25) is 5.10 Å². The minimum atomic E-state index is 0.792. The fourth-order valence-electron chi connectivity index (χ4n) is 2.23. The lowest BCUT2D eigenvalue weighted by molar-refractivity contribution is 0.415. The maximum Gasteiger partial charge on any atom is 0.119 e. The first-order valence-electron chi connectivity index (χ1n) is 6.61. The van der Waals surface area contributed by atoms with Crippen LogP contribution < -0.4 is 10.1 Å². The Morgan fingerprint density at radius 2 is 1.90 bits per heavy atom. The molecular weight excluding hydrogens is 250 g/mol. The molecule has 4 heteroatoms. The van der Waals surface area contributed by atoms with E-state index in [1.165, 1.54) is 16.3 Å². The van der Waals surface area contributed by atoms with E-state index < -0.39 is 0 Å². The van der Waals surface area contributed by atoms with Gasteiger partial charge < -0.3 is 10.1 Å². The van der Waals surface area contributed by atoms with Crippen LogP contribution in [-0.2, 0) is 13.1 Å². The van der Waals surface area contributed by atoms with Crippen LogP contribution in [0.15, 0.2) is 48.7 Å². The quantitative estimate of drug-likeness (QED) is 0.747. The number of benzene rings is 2. The zero-order valence-corrected chi connectivity index (χ0v) is 11.4. The van der Waals surface area contributed by atoms with Crippen molar-refractivity contribution in [3.8, 4) is 5.75 Å². The van der Waals surface area contributed by atoms with Gasteiger partial charge in [0.2, 0.25) is 0 Å². The van der Waals surface area contributed by atoms with Crippen molar-refractivity contribution in [3.05, 3.63) is 59.9 Å². The molecule has 0 spiro atoms. The lowest BCUT2D eigenvalue weighted by Crippen LogP contribution is -2.12. The number of fused-ring (bicyclic) bond motifs is 1. The van der Waals surface area contributed by atoms with E-state index in [2.05, 4.69) is 45.8 Å². The number of ether oxygens (including phenoxy) is 1. The molecule has 4 nitrogen and oxygen atoms in total. The number of aromatic nitrogens is 2. The molecule has 0 aliphatic heterocycles. The minimum Gasteiger partial charge on any atom is -0.497 e. The van der Waals surface area contributed by atoms with Gasteiger partial charge in [-0.2, -0.15) is 5.10 Å². The SMILES string of the molecule is COc1ccc2cc(CNCc3ccn[nH]3)ccc2c1. The van der Waals surface area contributed by atoms with Gasteiger partial charge >= 0.3 is 0 Å². The van der Waals surface area contributed by atoms with Gasteiger partial charge in [-0.25, -0.2) is 0 Å². The summed E-state index contributed by atoms with van der Waals surface area (Å²) in [6.07, 6.45) is 1.76. The molecule has 0 aliphatic rings. The zero-order chi connectivity index (χ0) is 13.8. The van der Waals surface area contributed by atoms with E-state index in [0.29, 0.717) is 0 Å². The highest BCUT2D eigenvalue weighted by molar-refractivity contribution is 5.84. The van der Waals surface area contributed by atoms with Crippen LogP contribution in [-0.4, -0.2) is 17.3 Å². The number of hydrogen-bond donors (Lipinski definition) is 2. The van der Waals surface area contributed by atoms with Crippen molar-refractivity contribution in [2.24, 2.45) is 0 Å². The van der Waals surface area contributed by atoms with Gasteiger partial charge in [0.15, 0.2) is 0 Å². The number of rotatable bonds is 5. The third kappa shape index (κ3) is 2.81. The van der Waals surface area contributed by atoms with Gasteiger partial charge in [-0.1, -0.05) is 18.2 Å². The van der Waals surface area contributed by atoms with Crippen molar-refractivity contribution in [3.63, 3.8) is 0 Å². The molecule has 3 rings (SSSR count). The summed E-state index contributed by atoms with van der Waals surface area (Å²) >= 11 is 0. The van der Waals surface area contributed by atoms with Crippen LogP contribution in [0.25, 0.3) is 10.8 Å². The first-order valence-corrected chi connectivity index (χ1v) is 6.61. The average Bonchev–Trinajstić information content (AvgIpc) is 3.00. The molecule has 3 aromatic rings. The van der Waals surface area contributed by atoms with Gasteiger partial charge in [-0.15, -0.1) is 0 Å². The van der Waals surface area contributed by atoms with E-state index in [4.69, 9.17) is 4.74 Å². The number of methoxy groups -OCH3 is 1. The van der Waals surface area contributed by atoms with E-state index in [0.717, 1.165) is 24.5 Å². The monoisotopic (exact) mass is 267 g/mol. The Hall–Kier alpha value is -2.33. The first kappa shape index (κ1) is 12.7. The van der Waals surface area contributed by atoms with Crippen molar-refractivity contribution in [2.75, 3.05) is 7.11 Å². The lowest BCUT2D eigenvalue weighted by Gasteiger charge is -2.07. The summed E-state index contributed by atoms with van der Waals surface area (Å²) in [6, 6.07) is 14.6. The van der Waals surface area contributed by atoms with E-state index in [1.54, 1.807) is 13.3 Å². The van der Waals surface area contributed by atoms with Crippen LogP contribution in [0, 0.1) is 0 Å². The van der Waals surface area contributed by atoms with E-state index in [1.807, 2.05) is 12.1 Å². The normalized spacial score (nSPS) is 10.8. The Morgan fingerprint density at radius 1 is 1.05 bits per heavy atom. The molecule has 1 heterocycles. The van der Waals surface area contributed by atoms with Crippen LogP contribution in [0.5, 0.6) is 5.75 Å². The van der Waals surface area contributed by atoms with Crippen molar-refractivity contribution >= 4 is 10.8 Å². The molecule has 0 saturated heterocycles. The summed E-state index contributed by atoms with van der Waals surface area (Å²) in [6.45, 7) is 1.63. The molecule has 0 unspecified atom stereocenters. The Balaban J connectivity index is 1.69. The summed E-state index contributed by atoms with van der Waals surface area (Å²) in [7, 11) is 1.69. The third-order valence-corrected chi connectivity index (χ3v) is 3.31. The molecule has 2 N–H and O–H groups in total. The summed E-state index contributed by atoms with van der Waals surface area (Å²) in [5, 5.41) is 12.7. The van der Waals surface area contributed by atoms with Crippen LogP contribution in [0.3, 0.4) is 0 Å². The number of hydrogen-bond acceptors (Lipinski definition) is 3. The van der Waals surface area contributed by atoms with Gasteiger partial charge in [-0.05, 0) is 40.6 Å². The predicted octanol–water partition coefficient (Wildman–Crippen LogP) is 2.86. The maximum atomic E-state index is 5.24. The van der Waals surface area contributed by atoms with E-state index >= 15 is 0 Å². The Kier molecular flexibility index (Phi) is 3.65. The molecule has 0 aliphatic carbocycles. The molecule has 0 bridgehead atoms. The van der Waals surface area contributed by atoms with E-state index in [-0.39, 0.29) is 0 Å². The molecule has 1 aromatic heterocycles. The second-order valence-corrected chi connectivity index (χ2v) is 4.73. The highest BCUT2D eigenvalue weighted by Crippen LogP contribution is 2.21. The Bertz CT molecular complexity index is 692. The summed E-state index contributed by atoms with van der Waals surface area (Å²) in [5.41, 5.74) is 2.36. The molecule has 2 aromatic carbocycles. The third-order valence-electron chi connectivity index (χ3n) is 3.31. The summed E-state index contributed by atoms with van der Waals surface area (Å²) in [4.78, 5) is 0. The van der Waals surface area contributed by atoms with Crippen molar-refractivity contribution < 1.29 is 4.74 Å². The molecule has 0 radical (unpaired) electrons. The average molecular weight is 267 g/mol. The molecule has 0 amide bonds. The fourth-order valence-corrected chi connectivity index (χ4v) is 2.23. The zero-order valence-electron chi connectivity index (χ0n) is 11.4. The van der Waals surface area contributed by atoms with Crippen LogP contribution >= 0.6 is 0 Å². The van der Waals surface area contributed by atoms with Crippen molar-refractivity contribution in [1.82, 2.24) is 15.5 Å². The number of H-pyrrole nitrogens is 1. The largest absolute Gasteiger partial charge is 0.497 e. The second-order valence-electron chi connectivity index (χ2n) is 4.73. The van der Waals surface area contributed by atoms with Crippen LogP contribution in [0.2, 0.25) is 0 Å². The molecule has 0 atom stereocenters. The summed E-state index contributed by atoms with van der Waals surface area (Å²) in [5.74, 6) is 0.891. The molecule has 102 valence electrons. The van der Waals surface area contributed by atoms with Gasteiger partial charge in [0.05, 0.1) is 7.11 Å². The standard InChI is InChI=1S/C16H17N3O/c1-20-16-5-4-13-8-12(2-3-14(13)9-16)10-17-11-15-6-7-18-19-15/h2-9,17H,10-11H2,1H3,(H,18,19). The second kappa shape index (κ2) is 5.75. The van der Waals surface area contributed by atoms with Crippen LogP contribution in [0.4, 0.5) is 0 Å². The number of aromatic amines is 1. The van der Waals surface area contributed by atoms with Gasteiger partial charge in [0, 0.05) is 25.0 Å². The highest BCUT2D eigenvalue weighted by Gasteiger charge is 1.99. The maximum absolute atomic E-state index is 5.24. The van der Waals surface area contributed by atoms with E-state index in [9.17, 15) is 0 Å². The number of nitrogens with zero attached hydrogens (tertiary/aromatic N) is 1. The Morgan fingerprint density at radius 3 is 2.70 bits per heavy atom. The Labute approximate surface area is 117 Å². The topological polar surface area (TPSA) is 49.9 Å². The summed E-state index contributed by atoms with van der Waals surface area (Å²) < 4.78 is 5.24. The smallest absolute Gasteiger partial charge is 0.119 e. The molecule has 0 saturated carbocycles. The van der Waals surface area contributed by atoms with Crippen molar-refractivity contribution in [2.45, 2.75) is 13.1 Å². The van der Waals surface area contributed by atoms with Gasteiger partial charge in [0.1, 0.15) is 5.75 Å². The minimum absolute atomic E-state index is 0.792. The molecule has 0 fully saturated rings. The van der Waals surface area contributed by atoms with Crippen LogP contribution in [0.1, 0.15) is 11.3 Å². The first-order chi connectivity index (χ1) is 9.85.